The van der Waals surface area contributed by atoms with Crippen molar-refractivity contribution < 1.29 is 24.9 Å². The van der Waals surface area contributed by atoms with E-state index in [2.05, 4.69) is 6.92 Å². The maximum absolute atomic E-state index is 13.4. The van der Waals surface area contributed by atoms with Crippen LogP contribution in [0, 0.1) is 34.5 Å². The van der Waals surface area contributed by atoms with Gasteiger partial charge in [0.1, 0.15) is 6.10 Å². The number of ketones is 1. The van der Waals surface area contributed by atoms with E-state index in [1.165, 1.54) is 4.90 Å². The van der Waals surface area contributed by atoms with E-state index in [4.69, 9.17) is 5.11 Å². The Hall–Kier alpha value is -1.24. The molecular weight excluding hydrogens is 370 g/mol. The van der Waals surface area contributed by atoms with Crippen molar-refractivity contribution in [3.63, 3.8) is 0 Å². The van der Waals surface area contributed by atoms with Gasteiger partial charge in [0.05, 0.1) is 12.7 Å². The molecule has 3 fully saturated rings. The van der Waals surface area contributed by atoms with Crippen molar-refractivity contribution in [3.05, 3.63) is 11.6 Å². The van der Waals surface area contributed by atoms with Crippen LogP contribution in [0.25, 0.3) is 0 Å². The third-order valence-corrected chi connectivity index (χ3v) is 8.50. The van der Waals surface area contributed by atoms with E-state index in [-0.39, 0.29) is 53.9 Å². The Morgan fingerprint density at radius 3 is 2.52 bits per heavy atom. The number of allylic oxidation sites excluding steroid dienone is 1. The van der Waals surface area contributed by atoms with Crippen molar-refractivity contribution in [2.24, 2.45) is 34.5 Å². The molecule has 3 aliphatic carbocycles. The summed E-state index contributed by atoms with van der Waals surface area (Å²) in [5.41, 5.74) is 0.171. The molecule has 3 saturated carbocycles. The Kier molecular flexibility index (Phi) is 6.03. The molecule has 0 radical (unpaired) electrons. The maximum atomic E-state index is 13.4. The molecule has 1 amide bonds. The van der Waals surface area contributed by atoms with Crippen LogP contribution in [0.15, 0.2) is 11.6 Å². The van der Waals surface area contributed by atoms with Gasteiger partial charge in [0.15, 0.2) is 5.78 Å². The number of amides is 1. The minimum absolute atomic E-state index is 0.0630. The average Bonchev–Trinajstić information content (AvgIpc) is 2.65. The average molecular weight is 408 g/mol. The number of hydrogen-bond acceptors (Lipinski definition) is 5. The predicted molar refractivity (Wildman–Crippen MR) is 110 cm³/mol. The maximum Gasteiger partial charge on any atom is 0.246 e. The van der Waals surface area contributed by atoms with Crippen LogP contribution in [-0.4, -0.2) is 64.3 Å². The van der Waals surface area contributed by atoms with Crippen LogP contribution in [0.2, 0.25) is 0 Å². The third kappa shape index (κ3) is 3.47. The number of carbonyl (C=O) groups is 2. The van der Waals surface area contributed by atoms with Crippen LogP contribution >= 0.6 is 0 Å². The Balaban J connectivity index is 1.93. The van der Waals surface area contributed by atoms with Crippen LogP contribution in [0.4, 0.5) is 0 Å². The van der Waals surface area contributed by atoms with E-state index >= 15 is 0 Å². The van der Waals surface area contributed by atoms with Crippen LogP contribution < -0.4 is 0 Å². The zero-order valence-electron chi connectivity index (χ0n) is 18.4. The number of nitrogens with zero attached hydrogens (tertiary/aromatic N) is 1. The molecule has 29 heavy (non-hydrogen) atoms. The molecule has 0 heterocycles. The van der Waals surface area contributed by atoms with E-state index in [1.807, 2.05) is 20.8 Å². The molecule has 0 aromatic rings. The zero-order valence-corrected chi connectivity index (χ0v) is 18.4. The Morgan fingerprint density at radius 2 is 1.90 bits per heavy atom. The lowest BCUT2D eigenvalue weighted by Crippen LogP contribution is -2.65. The lowest BCUT2D eigenvalue weighted by atomic mass is 9.42. The Labute approximate surface area is 174 Å². The molecule has 6 heteroatoms. The van der Waals surface area contributed by atoms with Gasteiger partial charge in [-0.15, -0.1) is 0 Å². The molecule has 3 rings (SSSR count). The molecule has 0 aliphatic heterocycles. The first-order valence-corrected chi connectivity index (χ1v) is 10.9. The highest BCUT2D eigenvalue weighted by atomic mass is 16.3. The van der Waals surface area contributed by atoms with Crippen LogP contribution in [0.3, 0.4) is 0 Å². The highest BCUT2D eigenvalue weighted by Gasteiger charge is 2.64. The van der Waals surface area contributed by atoms with Crippen molar-refractivity contribution in [1.82, 2.24) is 4.90 Å². The molecule has 3 N–H and O–H groups in total. The monoisotopic (exact) mass is 407 g/mol. The summed E-state index contributed by atoms with van der Waals surface area (Å²) in [4.78, 5) is 27.3. The summed E-state index contributed by atoms with van der Waals surface area (Å²) in [5, 5.41) is 30.7. The molecule has 3 aliphatic rings. The van der Waals surface area contributed by atoms with E-state index in [9.17, 15) is 19.8 Å². The molecule has 0 unspecified atom stereocenters. The third-order valence-electron chi connectivity index (χ3n) is 8.50. The van der Waals surface area contributed by atoms with Crippen LogP contribution in [0.5, 0.6) is 0 Å². The van der Waals surface area contributed by atoms with Gasteiger partial charge in [0.2, 0.25) is 5.91 Å². The van der Waals surface area contributed by atoms with Gasteiger partial charge in [0.25, 0.3) is 0 Å². The number of hydrogen-bond donors (Lipinski definition) is 3. The zero-order chi connectivity index (χ0) is 21.7. The lowest BCUT2D eigenvalue weighted by Gasteiger charge is -2.62. The minimum atomic E-state index is -1.06. The molecule has 0 aromatic carbocycles. The number of rotatable bonds is 3. The van der Waals surface area contributed by atoms with Gasteiger partial charge in [-0.25, -0.2) is 0 Å². The molecule has 0 spiro atoms. The summed E-state index contributed by atoms with van der Waals surface area (Å²) in [6.07, 6.45) is 3.10. The van der Waals surface area contributed by atoms with Crippen LogP contribution in [0.1, 0.15) is 53.4 Å². The fraction of sp³-hybridized carbons (Fsp3) is 0.826. The fourth-order valence-electron chi connectivity index (χ4n) is 6.79. The summed E-state index contributed by atoms with van der Waals surface area (Å²) in [6, 6.07) is 0. The predicted octanol–water partition coefficient (Wildman–Crippen LogP) is 1.77. The number of aliphatic hydroxyl groups excluding tert-OH is 3. The summed E-state index contributed by atoms with van der Waals surface area (Å²) >= 11 is 0. The molecule has 0 aromatic heterocycles. The van der Waals surface area contributed by atoms with Gasteiger partial charge in [-0.05, 0) is 42.9 Å². The molecule has 164 valence electrons. The van der Waals surface area contributed by atoms with E-state index in [0.717, 1.165) is 24.8 Å². The molecule has 0 bridgehead atoms. The van der Waals surface area contributed by atoms with Crippen molar-refractivity contribution in [2.45, 2.75) is 65.6 Å². The first kappa shape index (κ1) is 22.4. The van der Waals surface area contributed by atoms with Crippen molar-refractivity contribution in [3.8, 4) is 0 Å². The van der Waals surface area contributed by atoms with Gasteiger partial charge < -0.3 is 20.2 Å². The SMILES string of the molecule is C[C@@H]1/C(=C/C(=O)N(C)CCO)CC[C@H]2[C@H]1[C@@H](O)C(=O)[C@@H]1C(C)(C)[C@H](O)CC[C@]12C. The van der Waals surface area contributed by atoms with E-state index in [1.54, 1.807) is 13.1 Å². The minimum Gasteiger partial charge on any atom is -0.395 e. The smallest absolute Gasteiger partial charge is 0.246 e. The number of Topliss-reactive ketones (excluding diaryl/α,β-unsaturated/α-hetero) is 1. The quantitative estimate of drug-likeness (QED) is 0.620. The Morgan fingerprint density at radius 1 is 1.24 bits per heavy atom. The number of likely N-dealkylation sites (N-methyl/N-ethyl adjacent to an activating group) is 1. The largest absolute Gasteiger partial charge is 0.395 e. The highest BCUT2D eigenvalue weighted by Crippen LogP contribution is 2.63. The second-order valence-electron chi connectivity index (χ2n) is 10.4. The summed E-state index contributed by atoms with van der Waals surface area (Å²) in [5.74, 6) is -0.733. The first-order chi connectivity index (χ1) is 13.5. The summed E-state index contributed by atoms with van der Waals surface area (Å²) < 4.78 is 0. The van der Waals surface area contributed by atoms with Crippen molar-refractivity contribution >= 4 is 11.7 Å². The summed E-state index contributed by atoms with van der Waals surface area (Å²) in [7, 11) is 1.66. The fourth-order valence-corrected chi connectivity index (χ4v) is 6.79. The standard InChI is InChI=1S/C23H37NO5/c1-13-14(12-17(27)24(5)10-11-25)6-7-15-18(13)19(28)20(29)21-22(2,3)16(26)8-9-23(15,21)4/h12-13,15-16,18-19,21,25-26,28H,6-11H2,1-5H3/b14-12+/t13-,15+,16-,18+,19-,21-,23+/m1/s1. The second kappa shape index (κ2) is 7.78. The van der Waals surface area contributed by atoms with Gasteiger partial charge in [-0.2, -0.15) is 0 Å². The van der Waals surface area contributed by atoms with Crippen molar-refractivity contribution in [2.75, 3.05) is 20.2 Å². The normalized spacial score (nSPS) is 42.9. The number of fused-ring (bicyclic) bond motifs is 3. The van der Waals surface area contributed by atoms with Gasteiger partial charge in [-0.3, -0.25) is 9.59 Å². The van der Waals surface area contributed by atoms with Crippen LogP contribution in [-0.2, 0) is 9.59 Å². The topological polar surface area (TPSA) is 98.1 Å². The molecule has 0 saturated heterocycles. The first-order valence-electron chi connectivity index (χ1n) is 10.9. The second-order valence-corrected chi connectivity index (χ2v) is 10.4. The van der Waals surface area contributed by atoms with Gasteiger partial charge in [-0.1, -0.05) is 33.3 Å². The lowest BCUT2D eigenvalue weighted by molar-refractivity contribution is -0.194. The highest BCUT2D eigenvalue weighted by molar-refractivity contribution is 5.89. The molecule has 6 nitrogen and oxygen atoms in total. The molecular formula is C23H37NO5. The summed E-state index contributed by atoms with van der Waals surface area (Å²) in [6.45, 7) is 8.30. The molecule has 7 atom stereocenters. The van der Waals surface area contributed by atoms with Gasteiger partial charge in [0, 0.05) is 36.9 Å². The number of carbonyl (C=O) groups excluding carboxylic acids is 2. The number of aliphatic hydroxyl groups is 3. The van der Waals surface area contributed by atoms with E-state index in [0.29, 0.717) is 6.42 Å². The van der Waals surface area contributed by atoms with Crippen molar-refractivity contribution in [1.29, 1.82) is 0 Å². The van der Waals surface area contributed by atoms with Gasteiger partial charge >= 0.3 is 0 Å². The van der Waals surface area contributed by atoms with E-state index < -0.39 is 17.6 Å². The Bertz CT molecular complexity index is 701.